The summed E-state index contributed by atoms with van der Waals surface area (Å²) in [6.45, 7) is 10.2. The molecule has 0 amide bonds. The van der Waals surface area contributed by atoms with Crippen LogP contribution in [-0.4, -0.2) is 5.78 Å². The topological polar surface area (TPSA) is 40.9 Å². The Kier molecular flexibility index (Phi) is 3.29. The predicted molar refractivity (Wildman–Crippen MR) is 88.5 cm³/mol. The Morgan fingerprint density at radius 1 is 1.36 bits per heavy atom. The van der Waals surface area contributed by atoms with Crippen molar-refractivity contribution in [1.82, 2.24) is 0 Å². The molecule has 2 aliphatic rings. The Morgan fingerprint density at radius 2 is 2.09 bits per heavy atom. The van der Waals surface area contributed by atoms with Crippen LogP contribution in [0.25, 0.3) is 5.57 Å². The lowest BCUT2D eigenvalue weighted by Crippen LogP contribution is -2.50. The van der Waals surface area contributed by atoms with E-state index in [1.54, 1.807) is 0 Å². The number of Topliss-reactive ketones (excluding diaryl/α,β-unsaturated/α-hetero) is 1. The van der Waals surface area contributed by atoms with Gasteiger partial charge in [-0.3, -0.25) is 4.79 Å². The number of allylic oxidation sites excluding steroid dienone is 1. The first kappa shape index (κ1) is 15.0. The second kappa shape index (κ2) is 4.81. The lowest BCUT2D eigenvalue weighted by Gasteiger charge is -2.52. The summed E-state index contributed by atoms with van der Waals surface area (Å²) in [7, 11) is 0. The smallest absolute Gasteiger partial charge is 0.163 e. The fourth-order valence-electron chi connectivity index (χ4n) is 4.61. The molecular weight excluding hydrogens is 270 g/mol. The molecule has 0 N–H and O–H groups in total. The molecule has 0 aromatic heterocycles. The first-order valence-corrected chi connectivity index (χ1v) is 8.07. The van der Waals surface area contributed by atoms with Crippen molar-refractivity contribution in [2.24, 2.45) is 11.3 Å². The highest BCUT2D eigenvalue weighted by Crippen LogP contribution is 2.57. The summed E-state index contributed by atoms with van der Waals surface area (Å²) in [5, 5.41) is 9.68. The van der Waals surface area contributed by atoms with E-state index in [1.165, 1.54) is 0 Å². The first-order chi connectivity index (χ1) is 10.3. The molecule has 0 spiro atoms. The van der Waals surface area contributed by atoms with E-state index in [9.17, 15) is 10.1 Å². The number of carbonyl (C=O) groups excluding carboxylic acids is 1. The molecule has 0 heterocycles. The Labute approximate surface area is 132 Å². The van der Waals surface area contributed by atoms with Crippen LogP contribution in [0.2, 0.25) is 0 Å². The maximum atomic E-state index is 12.7. The van der Waals surface area contributed by atoms with Crippen molar-refractivity contribution in [3.63, 3.8) is 0 Å². The third kappa shape index (κ3) is 1.96. The fourth-order valence-corrected chi connectivity index (χ4v) is 4.61. The van der Waals surface area contributed by atoms with Crippen LogP contribution < -0.4 is 0 Å². The highest BCUT2D eigenvalue weighted by Gasteiger charge is 2.54. The number of hydrogen-bond acceptors (Lipinski definition) is 2. The van der Waals surface area contributed by atoms with Crippen molar-refractivity contribution in [2.75, 3.05) is 0 Å². The summed E-state index contributed by atoms with van der Waals surface area (Å²) >= 11 is 0. The van der Waals surface area contributed by atoms with Crippen molar-refractivity contribution < 1.29 is 4.79 Å². The molecule has 0 radical (unpaired) electrons. The van der Waals surface area contributed by atoms with E-state index in [1.807, 2.05) is 19.9 Å². The molecule has 0 saturated heterocycles. The average Bonchev–Trinajstić information content (AvgIpc) is 2.49. The molecule has 1 aromatic rings. The maximum Gasteiger partial charge on any atom is 0.163 e. The third-order valence-corrected chi connectivity index (χ3v) is 6.00. The second-order valence-corrected chi connectivity index (χ2v) is 7.52. The molecule has 1 saturated carbocycles. The van der Waals surface area contributed by atoms with Gasteiger partial charge in [-0.1, -0.05) is 37.6 Å². The van der Waals surface area contributed by atoms with Crippen LogP contribution in [0.5, 0.6) is 0 Å². The van der Waals surface area contributed by atoms with E-state index in [-0.39, 0.29) is 17.1 Å². The van der Waals surface area contributed by atoms with Gasteiger partial charge in [0.1, 0.15) is 0 Å². The fraction of sp³-hybridized carbons (Fsp3) is 0.500. The largest absolute Gasteiger partial charge is 0.294 e. The molecule has 2 heteroatoms. The van der Waals surface area contributed by atoms with Gasteiger partial charge < -0.3 is 0 Å². The highest BCUT2D eigenvalue weighted by atomic mass is 16.1. The van der Waals surface area contributed by atoms with Gasteiger partial charge in [-0.2, -0.15) is 5.26 Å². The van der Waals surface area contributed by atoms with Gasteiger partial charge >= 0.3 is 0 Å². The second-order valence-electron chi connectivity index (χ2n) is 7.52. The zero-order chi connectivity index (χ0) is 16.1. The molecule has 3 atom stereocenters. The lowest BCUT2D eigenvalue weighted by molar-refractivity contribution is 0.0556. The lowest BCUT2D eigenvalue weighted by atomic mass is 9.50. The zero-order valence-electron chi connectivity index (χ0n) is 13.7. The number of hydrogen-bond donors (Lipinski definition) is 0. The van der Waals surface area contributed by atoms with E-state index in [0.29, 0.717) is 6.42 Å². The minimum absolute atomic E-state index is 0.0699. The standard InChI is InChI=1S/C20H23NO/c1-13(2)14-6-7-16-15(10-14)17(22)11-18-19(3,12-21)8-5-9-20(16,18)4/h6-7,10,18H,1,5,8-9,11H2,2-4H3/t18-,19-,20+/m0/s1. The van der Waals surface area contributed by atoms with Crippen LogP contribution >= 0.6 is 0 Å². The highest BCUT2D eigenvalue weighted by molar-refractivity contribution is 6.00. The van der Waals surface area contributed by atoms with Crippen molar-refractivity contribution in [3.8, 4) is 6.07 Å². The number of rotatable bonds is 1. The summed E-state index contributed by atoms with van der Waals surface area (Å²) < 4.78 is 0. The molecule has 1 fully saturated rings. The number of carbonyl (C=O) groups is 1. The van der Waals surface area contributed by atoms with Gasteiger partial charge in [0.05, 0.1) is 11.5 Å². The normalized spacial score (nSPS) is 33.5. The predicted octanol–water partition coefficient (Wildman–Crippen LogP) is 4.89. The molecule has 114 valence electrons. The Bertz CT molecular complexity index is 711. The van der Waals surface area contributed by atoms with E-state index in [2.05, 4.69) is 31.7 Å². The molecular formula is C20H23NO. The van der Waals surface area contributed by atoms with Gasteiger partial charge in [-0.25, -0.2) is 0 Å². The third-order valence-electron chi connectivity index (χ3n) is 6.00. The Morgan fingerprint density at radius 3 is 2.73 bits per heavy atom. The van der Waals surface area contributed by atoms with Gasteiger partial charge in [0.25, 0.3) is 0 Å². The molecule has 2 aliphatic carbocycles. The Hall–Kier alpha value is -1.88. The van der Waals surface area contributed by atoms with Crippen LogP contribution in [0.3, 0.4) is 0 Å². The summed E-state index contributed by atoms with van der Waals surface area (Å²) in [6.07, 6.45) is 3.50. The maximum absolute atomic E-state index is 12.7. The van der Waals surface area contributed by atoms with Crippen LogP contribution in [0.4, 0.5) is 0 Å². The van der Waals surface area contributed by atoms with Crippen molar-refractivity contribution in [1.29, 1.82) is 5.26 Å². The van der Waals surface area contributed by atoms with E-state index in [4.69, 9.17) is 0 Å². The van der Waals surface area contributed by atoms with Gasteiger partial charge in [0.2, 0.25) is 0 Å². The van der Waals surface area contributed by atoms with Crippen LogP contribution in [0.1, 0.15) is 67.9 Å². The number of fused-ring (bicyclic) bond motifs is 3. The molecule has 1 aromatic carbocycles. The van der Waals surface area contributed by atoms with Gasteiger partial charge in [-0.05, 0) is 55.2 Å². The molecule has 2 nitrogen and oxygen atoms in total. The van der Waals surface area contributed by atoms with Gasteiger partial charge in [-0.15, -0.1) is 0 Å². The zero-order valence-corrected chi connectivity index (χ0v) is 13.7. The molecule has 0 unspecified atom stereocenters. The molecule has 0 bridgehead atoms. The molecule has 3 rings (SSSR count). The SMILES string of the molecule is C=C(C)c1ccc2c(c1)C(=O)C[C@H]1[C@](C)(C#N)CCC[C@]21C. The quantitative estimate of drug-likeness (QED) is 0.739. The van der Waals surface area contributed by atoms with E-state index in [0.717, 1.165) is 41.5 Å². The van der Waals surface area contributed by atoms with Crippen molar-refractivity contribution >= 4 is 11.4 Å². The average molecular weight is 293 g/mol. The van der Waals surface area contributed by atoms with E-state index < -0.39 is 5.41 Å². The number of nitriles is 1. The van der Waals surface area contributed by atoms with Crippen LogP contribution in [-0.2, 0) is 5.41 Å². The van der Waals surface area contributed by atoms with Crippen LogP contribution in [0.15, 0.2) is 24.8 Å². The number of ketones is 1. The number of benzene rings is 1. The van der Waals surface area contributed by atoms with Gasteiger partial charge in [0, 0.05) is 12.0 Å². The number of nitrogens with zero attached hydrogens (tertiary/aromatic N) is 1. The van der Waals surface area contributed by atoms with Crippen molar-refractivity contribution in [3.05, 3.63) is 41.5 Å². The summed E-state index contributed by atoms with van der Waals surface area (Å²) in [6, 6.07) is 8.69. The Balaban J connectivity index is 2.18. The summed E-state index contributed by atoms with van der Waals surface area (Å²) in [5.74, 6) is 0.304. The molecule has 22 heavy (non-hydrogen) atoms. The van der Waals surface area contributed by atoms with Crippen LogP contribution in [0, 0.1) is 22.7 Å². The van der Waals surface area contributed by atoms with E-state index >= 15 is 0 Å². The summed E-state index contributed by atoms with van der Waals surface area (Å²) in [4.78, 5) is 12.7. The van der Waals surface area contributed by atoms with Gasteiger partial charge in [0.15, 0.2) is 5.78 Å². The summed E-state index contributed by atoms with van der Waals surface area (Å²) in [5.41, 5.74) is 3.54. The first-order valence-electron chi connectivity index (χ1n) is 8.07. The minimum atomic E-state index is -0.395. The monoisotopic (exact) mass is 293 g/mol. The molecule has 0 aliphatic heterocycles. The van der Waals surface area contributed by atoms with Crippen molar-refractivity contribution in [2.45, 2.75) is 51.9 Å². The minimum Gasteiger partial charge on any atom is -0.294 e.